The Hall–Kier alpha value is -0.840. The molecule has 20 heavy (non-hydrogen) atoms. The lowest BCUT2D eigenvalue weighted by molar-refractivity contribution is -0.144. The van der Waals surface area contributed by atoms with Gasteiger partial charge < -0.3 is 10.1 Å². The quantitative estimate of drug-likeness (QED) is 0.663. The third kappa shape index (κ3) is 3.62. The van der Waals surface area contributed by atoms with E-state index in [0.717, 1.165) is 23.0 Å². The number of esters is 1. The Morgan fingerprint density at radius 2 is 2.05 bits per heavy atom. The highest BCUT2D eigenvalue weighted by Crippen LogP contribution is 2.33. The third-order valence-electron chi connectivity index (χ3n) is 3.52. The molecule has 1 heterocycles. The molecule has 0 saturated carbocycles. The minimum atomic E-state index is -0.404. The standard InChI is InChI=1S/C15H18BrNO2.ClH/c1-15(9-3-4-10-17-15)13(14(18)19-2)11-5-7-12(16)8-6-11;/h3,5-9,13,17H,4,10H2,1-2H3;1H/t13-,15-;/m0./s1. The lowest BCUT2D eigenvalue weighted by atomic mass is 9.79. The van der Waals surface area contributed by atoms with Gasteiger partial charge in [0.1, 0.15) is 5.92 Å². The van der Waals surface area contributed by atoms with Gasteiger partial charge in [-0.15, -0.1) is 12.4 Å². The fraction of sp³-hybridized carbons (Fsp3) is 0.400. The first-order valence-electron chi connectivity index (χ1n) is 6.33. The SMILES string of the molecule is COC(=O)[C@H](c1ccc(Br)cc1)[C@]1(C)C=CCCN1.Cl. The van der Waals surface area contributed by atoms with Crippen molar-refractivity contribution < 1.29 is 9.53 Å². The summed E-state index contributed by atoms with van der Waals surface area (Å²) in [5, 5.41) is 3.42. The summed E-state index contributed by atoms with van der Waals surface area (Å²) in [6, 6.07) is 7.81. The summed E-state index contributed by atoms with van der Waals surface area (Å²) >= 11 is 3.41. The Bertz CT molecular complexity index is 489. The van der Waals surface area contributed by atoms with E-state index in [1.165, 1.54) is 7.11 Å². The first kappa shape index (κ1) is 17.2. The number of rotatable bonds is 3. The Kier molecular flexibility index (Phi) is 6.24. The van der Waals surface area contributed by atoms with Crippen LogP contribution in [-0.2, 0) is 9.53 Å². The summed E-state index contributed by atoms with van der Waals surface area (Å²) in [4.78, 5) is 12.2. The molecule has 110 valence electrons. The second-order valence-corrected chi connectivity index (χ2v) is 5.82. The number of carbonyl (C=O) groups is 1. The molecule has 2 rings (SSSR count). The largest absolute Gasteiger partial charge is 0.468 e. The van der Waals surface area contributed by atoms with Crippen molar-refractivity contribution in [3.63, 3.8) is 0 Å². The number of ether oxygens (including phenoxy) is 1. The summed E-state index contributed by atoms with van der Waals surface area (Å²) in [5.41, 5.74) is 0.552. The summed E-state index contributed by atoms with van der Waals surface area (Å²) in [5.74, 6) is -0.564. The molecule has 2 atom stereocenters. The highest BCUT2D eigenvalue weighted by atomic mass is 79.9. The monoisotopic (exact) mass is 359 g/mol. The maximum atomic E-state index is 12.2. The predicted molar refractivity (Wildman–Crippen MR) is 86.3 cm³/mol. The topological polar surface area (TPSA) is 38.3 Å². The number of hydrogen-bond acceptors (Lipinski definition) is 3. The first-order chi connectivity index (χ1) is 9.07. The Morgan fingerprint density at radius 3 is 2.55 bits per heavy atom. The van der Waals surface area contributed by atoms with Gasteiger partial charge in [0.2, 0.25) is 0 Å². The Morgan fingerprint density at radius 1 is 1.40 bits per heavy atom. The molecule has 1 aliphatic heterocycles. The molecule has 0 aliphatic carbocycles. The molecule has 0 amide bonds. The maximum Gasteiger partial charge on any atom is 0.315 e. The molecule has 5 heteroatoms. The van der Waals surface area contributed by atoms with Crippen molar-refractivity contribution in [1.29, 1.82) is 0 Å². The number of carbonyl (C=O) groups excluding carboxylic acids is 1. The lowest BCUT2D eigenvalue weighted by Gasteiger charge is -2.37. The van der Waals surface area contributed by atoms with E-state index >= 15 is 0 Å². The van der Waals surface area contributed by atoms with Gasteiger partial charge in [-0.2, -0.15) is 0 Å². The van der Waals surface area contributed by atoms with Crippen LogP contribution < -0.4 is 5.32 Å². The summed E-state index contributed by atoms with van der Waals surface area (Å²) < 4.78 is 5.99. The molecule has 0 saturated heterocycles. The summed E-state index contributed by atoms with van der Waals surface area (Å²) in [6.07, 6.45) is 5.18. The zero-order chi connectivity index (χ0) is 13.9. The normalized spacial score (nSPS) is 22.8. The van der Waals surface area contributed by atoms with Gasteiger partial charge in [0.25, 0.3) is 0 Å². The lowest BCUT2D eigenvalue weighted by Crippen LogP contribution is -2.50. The van der Waals surface area contributed by atoms with Crippen LogP contribution in [0.3, 0.4) is 0 Å². The number of hydrogen-bond donors (Lipinski definition) is 1. The number of benzene rings is 1. The molecule has 0 aromatic heterocycles. The van der Waals surface area contributed by atoms with E-state index in [1.54, 1.807) is 0 Å². The maximum absolute atomic E-state index is 12.2. The van der Waals surface area contributed by atoms with Crippen LogP contribution in [0.1, 0.15) is 24.8 Å². The van der Waals surface area contributed by atoms with Crippen molar-refractivity contribution >= 4 is 34.3 Å². The molecule has 0 bridgehead atoms. The molecular formula is C15H19BrClNO2. The molecule has 0 unspecified atom stereocenters. The number of halogens is 2. The van der Waals surface area contributed by atoms with Crippen molar-refractivity contribution in [2.24, 2.45) is 0 Å². The van der Waals surface area contributed by atoms with Gasteiger partial charge in [0.05, 0.1) is 12.6 Å². The average molecular weight is 361 g/mol. The van der Waals surface area contributed by atoms with Crippen LogP contribution >= 0.6 is 28.3 Å². The number of nitrogens with one attached hydrogen (secondary N) is 1. The molecule has 1 aliphatic rings. The van der Waals surface area contributed by atoms with Gasteiger partial charge in [-0.1, -0.05) is 40.2 Å². The third-order valence-corrected chi connectivity index (χ3v) is 4.05. The number of methoxy groups -OCH3 is 1. The van der Waals surface area contributed by atoms with E-state index in [1.807, 2.05) is 31.2 Å². The molecule has 0 fully saturated rings. The molecule has 0 spiro atoms. The van der Waals surface area contributed by atoms with Crippen molar-refractivity contribution in [1.82, 2.24) is 5.32 Å². The molecule has 1 aromatic rings. The second kappa shape index (κ2) is 7.25. The minimum absolute atomic E-state index is 0. The van der Waals surface area contributed by atoms with Crippen LogP contribution in [0.5, 0.6) is 0 Å². The van der Waals surface area contributed by atoms with Gasteiger partial charge >= 0.3 is 5.97 Å². The molecule has 3 nitrogen and oxygen atoms in total. The van der Waals surface area contributed by atoms with Gasteiger partial charge in [-0.3, -0.25) is 4.79 Å². The van der Waals surface area contributed by atoms with E-state index in [9.17, 15) is 4.79 Å². The zero-order valence-corrected chi connectivity index (χ0v) is 14.0. The van der Waals surface area contributed by atoms with Crippen LogP contribution in [-0.4, -0.2) is 25.2 Å². The minimum Gasteiger partial charge on any atom is -0.468 e. The highest BCUT2D eigenvalue weighted by Gasteiger charge is 2.39. The van der Waals surface area contributed by atoms with Gasteiger partial charge in [0, 0.05) is 4.47 Å². The van der Waals surface area contributed by atoms with E-state index in [0.29, 0.717) is 0 Å². The predicted octanol–water partition coefficient (Wildman–Crippen LogP) is 3.44. The van der Waals surface area contributed by atoms with Gasteiger partial charge in [0.15, 0.2) is 0 Å². The van der Waals surface area contributed by atoms with Crippen molar-refractivity contribution in [3.05, 3.63) is 46.5 Å². The van der Waals surface area contributed by atoms with E-state index in [-0.39, 0.29) is 24.3 Å². The Balaban J connectivity index is 0.00000200. The summed E-state index contributed by atoms with van der Waals surface area (Å²) in [6.45, 7) is 2.91. The van der Waals surface area contributed by atoms with Gasteiger partial charge in [-0.05, 0) is 37.6 Å². The van der Waals surface area contributed by atoms with E-state index in [4.69, 9.17) is 4.74 Å². The van der Waals surface area contributed by atoms with Crippen molar-refractivity contribution in [2.45, 2.75) is 24.8 Å². The van der Waals surface area contributed by atoms with Crippen LogP contribution in [0.25, 0.3) is 0 Å². The van der Waals surface area contributed by atoms with Crippen LogP contribution in [0.15, 0.2) is 40.9 Å². The zero-order valence-electron chi connectivity index (χ0n) is 11.6. The highest BCUT2D eigenvalue weighted by molar-refractivity contribution is 9.10. The van der Waals surface area contributed by atoms with Gasteiger partial charge in [-0.25, -0.2) is 0 Å². The molecule has 1 aromatic carbocycles. The van der Waals surface area contributed by atoms with Crippen molar-refractivity contribution in [3.8, 4) is 0 Å². The first-order valence-corrected chi connectivity index (χ1v) is 7.12. The van der Waals surface area contributed by atoms with Crippen LogP contribution in [0.2, 0.25) is 0 Å². The second-order valence-electron chi connectivity index (χ2n) is 4.91. The molecule has 1 N–H and O–H groups in total. The average Bonchev–Trinajstić information content (AvgIpc) is 2.41. The van der Waals surface area contributed by atoms with Crippen molar-refractivity contribution in [2.75, 3.05) is 13.7 Å². The fourth-order valence-electron chi connectivity index (χ4n) is 2.51. The fourth-order valence-corrected chi connectivity index (χ4v) is 2.77. The van der Waals surface area contributed by atoms with E-state index in [2.05, 4.69) is 33.4 Å². The summed E-state index contributed by atoms with van der Waals surface area (Å²) in [7, 11) is 1.43. The van der Waals surface area contributed by atoms with Crippen LogP contribution in [0.4, 0.5) is 0 Å². The smallest absolute Gasteiger partial charge is 0.315 e. The molecular weight excluding hydrogens is 342 g/mol. The Labute approximate surface area is 134 Å². The molecule has 0 radical (unpaired) electrons. The van der Waals surface area contributed by atoms with Crippen LogP contribution in [0, 0.1) is 0 Å². The van der Waals surface area contributed by atoms with E-state index < -0.39 is 5.54 Å².